The van der Waals surface area contributed by atoms with Crippen molar-refractivity contribution in [1.82, 2.24) is 4.90 Å². The monoisotopic (exact) mass is 291 g/mol. The summed E-state index contributed by atoms with van der Waals surface area (Å²) < 4.78 is 5.66. The van der Waals surface area contributed by atoms with E-state index < -0.39 is 0 Å². The van der Waals surface area contributed by atoms with Crippen LogP contribution in [0.4, 0.5) is 11.4 Å². The highest BCUT2D eigenvalue weighted by Gasteiger charge is 2.18. The summed E-state index contributed by atoms with van der Waals surface area (Å²) in [7, 11) is 2.22. The maximum atomic E-state index is 6.16. The van der Waals surface area contributed by atoms with E-state index in [1.807, 2.05) is 18.2 Å². The van der Waals surface area contributed by atoms with Gasteiger partial charge in [-0.3, -0.25) is 0 Å². The molecular formula is C17H29N3O. The zero-order valence-electron chi connectivity index (χ0n) is 13.4. The fraction of sp³-hybridized carbons (Fsp3) is 0.647. The van der Waals surface area contributed by atoms with Crippen LogP contribution in [0.15, 0.2) is 18.2 Å². The Balaban J connectivity index is 1.82. The van der Waals surface area contributed by atoms with E-state index in [9.17, 15) is 0 Å². The van der Waals surface area contributed by atoms with Crippen molar-refractivity contribution in [3.8, 4) is 5.75 Å². The number of benzene rings is 1. The van der Waals surface area contributed by atoms with E-state index in [0.29, 0.717) is 6.61 Å². The lowest BCUT2D eigenvalue weighted by molar-refractivity contribution is 0.254. The second kappa shape index (κ2) is 8.13. The van der Waals surface area contributed by atoms with Gasteiger partial charge in [-0.15, -0.1) is 0 Å². The van der Waals surface area contributed by atoms with Gasteiger partial charge in [-0.25, -0.2) is 0 Å². The first-order valence-electron chi connectivity index (χ1n) is 8.17. The predicted octanol–water partition coefficient (Wildman–Crippen LogP) is 3.34. The number of ether oxygens (including phenoxy) is 1. The lowest BCUT2D eigenvalue weighted by Gasteiger charge is -2.24. The van der Waals surface area contributed by atoms with Gasteiger partial charge in [-0.05, 0) is 38.4 Å². The molecule has 3 N–H and O–H groups in total. The Morgan fingerprint density at radius 3 is 2.81 bits per heavy atom. The molecule has 21 heavy (non-hydrogen) atoms. The van der Waals surface area contributed by atoms with Gasteiger partial charge in [0.05, 0.1) is 18.0 Å². The smallest absolute Gasteiger partial charge is 0.144 e. The minimum absolute atomic E-state index is 0.706. The van der Waals surface area contributed by atoms with E-state index in [0.717, 1.165) is 42.7 Å². The average Bonchev–Trinajstić information content (AvgIpc) is 3.02. The number of nitrogens with zero attached hydrogens (tertiary/aromatic N) is 1. The van der Waals surface area contributed by atoms with E-state index in [4.69, 9.17) is 10.5 Å². The summed E-state index contributed by atoms with van der Waals surface area (Å²) >= 11 is 0. The van der Waals surface area contributed by atoms with Gasteiger partial charge in [0.2, 0.25) is 0 Å². The maximum absolute atomic E-state index is 6.16. The van der Waals surface area contributed by atoms with Gasteiger partial charge in [0, 0.05) is 19.1 Å². The van der Waals surface area contributed by atoms with Crippen molar-refractivity contribution in [2.24, 2.45) is 0 Å². The first-order valence-corrected chi connectivity index (χ1v) is 8.17. The van der Waals surface area contributed by atoms with Crippen molar-refractivity contribution in [2.75, 3.05) is 37.8 Å². The third kappa shape index (κ3) is 4.53. The molecule has 0 radical (unpaired) electrons. The summed E-state index contributed by atoms with van der Waals surface area (Å²) in [4.78, 5) is 2.47. The second-order valence-electron chi connectivity index (χ2n) is 5.91. The van der Waals surface area contributed by atoms with Crippen LogP contribution in [0.25, 0.3) is 0 Å². The molecule has 1 saturated carbocycles. The van der Waals surface area contributed by atoms with Gasteiger partial charge >= 0.3 is 0 Å². The SMILES string of the molecule is CCCOc1cccc(NCCN(C)C2CCCC2)c1N. The van der Waals surface area contributed by atoms with Gasteiger partial charge in [-0.1, -0.05) is 25.8 Å². The van der Waals surface area contributed by atoms with Crippen LogP contribution in [0.3, 0.4) is 0 Å². The van der Waals surface area contributed by atoms with Gasteiger partial charge in [0.15, 0.2) is 0 Å². The van der Waals surface area contributed by atoms with Crippen LogP contribution in [0.2, 0.25) is 0 Å². The largest absolute Gasteiger partial charge is 0.491 e. The number of anilines is 2. The second-order valence-corrected chi connectivity index (χ2v) is 5.91. The normalized spacial score (nSPS) is 15.6. The molecule has 0 aliphatic heterocycles. The molecule has 1 aromatic rings. The summed E-state index contributed by atoms with van der Waals surface area (Å²) in [5, 5.41) is 3.44. The third-order valence-corrected chi connectivity index (χ3v) is 4.26. The molecule has 0 amide bonds. The number of nitrogen functional groups attached to an aromatic ring is 1. The summed E-state index contributed by atoms with van der Waals surface area (Å²) in [6.45, 7) is 4.76. The zero-order chi connectivity index (χ0) is 15.1. The van der Waals surface area contributed by atoms with Gasteiger partial charge in [0.25, 0.3) is 0 Å². The molecule has 1 aliphatic carbocycles. The number of hydrogen-bond donors (Lipinski definition) is 2. The van der Waals surface area contributed by atoms with E-state index >= 15 is 0 Å². The Bertz CT molecular complexity index is 430. The Labute approximate surface area is 128 Å². The molecule has 0 saturated heterocycles. The summed E-state index contributed by atoms with van der Waals surface area (Å²) in [5.41, 5.74) is 7.85. The molecule has 1 aliphatic rings. The molecule has 4 nitrogen and oxygen atoms in total. The van der Waals surface area contributed by atoms with Crippen LogP contribution in [-0.2, 0) is 0 Å². The number of hydrogen-bond acceptors (Lipinski definition) is 4. The Hall–Kier alpha value is -1.42. The minimum Gasteiger partial charge on any atom is -0.491 e. The zero-order valence-corrected chi connectivity index (χ0v) is 13.4. The molecule has 0 bridgehead atoms. The van der Waals surface area contributed by atoms with Crippen molar-refractivity contribution in [2.45, 2.75) is 45.1 Å². The molecule has 0 heterocycles. The topological polar surface area (TPSA) is 50.5 Å². The molecule has 118 valence electrons. The van der Waals surface area contributed by atoms with Crippen LogP contribution in [0, 0.1) is 0 Å². The van der Waals surface area contributed by atoms with E-state index in [1.54, 1.807) is 0 Å². The molecule has 0 aromatic heterocycles. The van der Waals surface area contributed by atoms with Crippen molar-refractivity contribution in [1.29, 1.82) is 0 Å². The van der Waals surface area contributed by atoms with Crippen LogP contribution in [-0.4, -0.2) is 37.7 Å². The molecular weight excluding hydrogens is 262 g/mol. The van der Waals surface area contributed by atoms with E-state index in [1.165, 1.54) is 25.7 Å². The predicted molar refractivity (Wildman–Crippen MR) is 90.0 cm³/mol. The maximum Gasteiger partial charge on any atom is 0.144 e. The Kier molecular flexibility index (Phi) is 6.18. The third-order valence-electron chi connectivity index (χ3n) is 4.26. The molecule has 0 unspecified atom stereocenters. The number of nitrogens with one attached hydrogen (secondary N) is 1. The number of para-hydroxylation sites is 1. The van der Waals surface area contributed by atoms with Crippen molar-refractivity contribution < 1.29 is 4.74 Å². The fourth-order valence-electron chi connectivity index (χ4n) is 2.93. The van der Waals surface area contributed by atoms with Gasteiger partial charge in [0.1, 0.15) is 5.75 Å². The number of nitrogens with two attached hydrogens (primary N) is 1. The van der Waals surface area contributed by atoms with E-state index in [-0.39, 0.29) is 0 Å². The Morgan fingerprint density at radius 1 is 1.33 bits per heavy atom. The average molecular weight is 291 g/mol. The lowest BCUT2D eigenvalue weighted by Crippen LogP contribution is -2.33. The Morgan fingerprint density at radius 2 is 2.10 bits per heavy atom. The summed E-state index contributed by atoms with van der Waals surface area (Å²) in [5.74, 6) is 0.783. The van der Waals surface area contributed by atoms with Crippen molar-refractivity contribution in [3.63, 3.8) is 0 Å². The molecule has 2 rings (SSSR count). The number of likely N-dealkylation sites (N-methyl/N-ethyl adjacent to an activating group) is 1. The highest BCUT2D eigenvalue weighted by Crippen LogP contribution is 2.29. The first-order chi connectivity index (χ1) is 10.2. The molecule has 0 spiro atoms. The molecule has 4 heteroatoms. The highest BCUT2D eigenvalue weighted by molar-refractivity contribution is 5.72. The van der Waals surface area contributed by atoms with Crippen molar-refractivity contribution in [3.05, 3.63) is 18.2 Å². The van der Waals surface area contributed by atoms with E-state index in [2.05, 4.69) is 24.2 Å². The highest BCUT2D eigenvalue weighted by atomic mass is 16.5. The minimum atomic E-state index is 0.706. The van der Waals surface area contributed by atoms with Crippen molar-refractivity contribution >= 4 is 11.4 Å². The molecule has 1 aromatic carbocycles. The number of rotatable bonds is 8. The van der Waals surface area contributed by atoms with Crippen LogP contribution in [0.5, 0.6) is 5.75 Å². The first kappa shape index (κ1) is 16.0. The van der Waals surface area contributed by atoms with Gasteiger partial charge < -0.3 is 20.7 Å². The fourth-order valence-corrected chi connectivity index (χ4v) is 2.93. The van der Waals surface area contributed by atoms with Crippen LogP contribution in [0.1, 0.15) is 39.0 Å². The lowest BCUT2D eigenvalue weighted by atomic mass is 10.2. The summed E-state index contributed by atoms with van der Waals surface area (Å²) in [6.07, 6.45) is 6.44. The standard InChI is InChI=1S/C17H29N3O/c1-3-13-21-16-10-6-9-15(17(16)18)19-11-12-20(2)14-7-4-5-8-14/h6,9-10,14,19H,3-5,7-8,11-13,18H2,1-2H3. The molecule has 1 fully saturated rings. The van der Waals surface area contributed by atoms with Gasteiger partial charge in [-0.2, -0.15) is 0 Å². The van der Waals surface area contributed by atoms with Crippen LogP contribution >= 0.6 is 0 Å². The van der Waals surface area contributed by atoms with Crippen LogP contribution < -0.4 is 15.8 Å². The quantitative estimate of drug-likeness (QED) is 0.721. The summed E-state index contributed by atoms with van der Waals surface area (Å²) in [6, 6.07) is 6.71. The molecule has 0 atom stereocenters.